The first-order valence-electron chi connectivity index (χ1n) is 7.57. The van der Waals surface area contributed by atoms with Crippen LogP contribution in [0.5, 0.6) is 17.2 Å². The van der Waals surface area contributed by atoms with Gasteiger partial charge in [0.1, 0.15) is 0 Å². The lowest BCUT2D eigenvalue weighted by Gasteiger charge is -2.14. The third-order valence-electron chi connectivity index (χ3n) is 3.92. The van der Waals surface area contributed by atoms with Gasteiger partial charge in [0.15, 0.2) is 11.5 Å². The Labute approximate surface area is 159 Å². The molecule has 0 aliphatic rings. The van der Waals surface area contributed by atoms with Crippen LogP contribution in [0.1, 0.15) is 10.4 Å². The maximum atomic E-state index is 12.8. The minimum atomic E-state index is -0.370. The van der Waals surface area contributed by atoms with Gasteiger partial charge < -0.3 is 24.5 Å². The van der Waals surface area contributed by atoms with Crippen molar-refractivity contribution in [2.24, 2.45) is 0 Å². The van der Waals surface area contributed by atoms with Crippen molar-refractivity contribution in [3.05, 3.63) is 46.1 Å². The number of aromatic amines is 1. The molecule has 0 unspecified atom stereocenters. The molecule has 0 saturated heterocycles. The van der Waals surface area contributed by atoms with E-state index in [-0.39, 0.29) is 10.9 Å². The smallest absolute Gasteiger partial charge is 0.258 e. The molecule has 1 heterocycles. The number of fused-ring (bicyclic) bond motifs is 1. The number of carbonyl (C=O) groups excluding carboxylic acids is 1. The van der Waals surface area contributed by atoms with Crippen molar-refractivity contribution in [2.75, 3.05) is 26.6 Å². The molecule has 26 heavy (non-hydrogen) atoms. The molecule has 8 heteroatoms. The summed E-state index contributed by atoms with van der Waals surface area (Å²) in [4.78, 5) is 15.9. The quantitative estimate of drug-likeness (QED) is 0.654. The van der Waals surface area contributed by atoms with E-state index in [1.807, 2.05) is 0 Å². The third kappa shape index (κ3) is 3.02. The van der Waals surface area contributed by atoms with E-state index < -0.39 is 0 Å². The van der Waals surface area contributed by atoms with Crippen molar-refractivity contribution >= 4 is 45.7 Å². The number of hydrogen-bond donors (Lipinski definition) is 2. The molecule has 0 bridgehead atoms. The van der Waals surface area contributed by atoms with Gasteiger partial charge in [-0.25, -0.2) is 0 Å². The Morgan fingerprint density at radius 1 is 1.08 bits per heavy atom. The van der Waals surface area contributed by atoms with E-state index >= 15 is 0 Å². The van der Waals surface area contributed by atoms with E-state index in [0.29, 0.717) is 44.4 Å². The van der Waals surface area contributed by atoms with E-state index in [1.165, 1.54) is 21.3 Å². The number of carbonyl (C=O) groups is 1. The maximum Gasteiger partial charge on any atom is 0.258 e. The zero-order valence-electron chi connectivity index (χ0n) is 14.3. The van der Waals surface area contributed by atoms with Crippen molar-refractivity contribution in [1.29, 1.82) is 0 Å². The van der Waals surface area contributed by atoms with Crippen LogP contribution in [-0.2, 0) is 0 Å². The van der Waals surface area contributed by atoms with Crippen LogP contribution in [0.15, 0.2) is 30.5 Å². The SMILES string of the molecule is COc1cc2[nH]cc(C(=O)Nc3cccc(Cl)c3Cl)c2c(OC)c1OC. The summed E-state index contributed by atoms with van der Waals surface area (Å²) >= 11 is 12.1. The second kappa shape index (κ2) is 7.35. The molecule has 2 N–H and O–H groups in total. The molecule has 0 saturated carbocycles. The van der Waals surface area contributed by atoms with E-state index in [1.54, 1.807) is 30.5 Å². The van der Waals surface area contributed by atoms with E-state index in [4.69, 9.17) is 37.4 Å². The van der Waals surface area contributed by atoms with Gasteiger partial charge in [-0.3, -0.25) is 4.79 Å². The first-order chi connectivity index (χ1) is 12.5. The highest BCUT2D eigenvalue weighted by atomic mass is 35.5. The number of halogens is 2. The first-order valence-corrected chi connectivity index (χ1v) is 8.32. The lowest BCUT2D eigenvalue weighted by Crippen LogP contribution is -2.12. The summed E-state index contributed by atoms with van der Waals surface area (Å²) in [5.74, 6) is 0.914. The monoisotopic (exact) mass is 394 g/mol. The van der Waals surface area contributed by atoms with Gasteiger partial charge in [-0.05, 0) is 12.1 Å². The van der Waals surface area contributed by atoms with Crippen molar-refractivity contribution in [3.8, 4) is 17.2 Å². The predicted octanol–water partition coefficient (Wildman–Crippen LogP) is 4.75. The molecular formula is C18H16Cl2N2O4. The van der Waals surface area contributed by atoms with E-state index in [0.717, 1.165) is 0 Å². The molecule has 1 aromatic heterocycles. The molecule has 3 rings (SSSR count). The van der Waals surface area contributed by atoms with Crippen LogP contribution in [-0.4, -0.2) is 32.2 Å². The van der Waals surface area contributed by atoms with Crippen LogP contribution in [0.4, 0.5) is 5.69 Å². The van der Waals surface area contributed by atoms with Gasteiger partial charge in [-0.15, -0.1) is 0 Å². The second-order valence-electron chi connectivity index (χ2n) is 5.33. The number of aromatic nitrogens is 1. The highest BCUT2D eigenvalue weighted by Crippen LogP contribution is 2.44. The topological polar surface area (TPSA) is 72.6 Å². The second-order valence-corrected chi connectivity index (χ2v) is 6.11. The zero-order chi connectivity index (χ0) is 18.8. The molecule has 2 aromatic carbocycles. The van der Waals surface area contributed by atoms with Gasteiger partial charge in [0.05, 0.1) is 53.5 Å². The number of hydrogen-bond acceptors (Lipinski definition) is 4. The molecular weight excluding hydrogens is 379 g/mol. The summed E-state index contributed by atoms with van der Waals surface area (Å²) in [6, 6.07) is 6.75. The zero-order valence-corrected chi connectivity index (χ0v) is 15.8. The summed E-state index contributed by atoms with van der Waals surface area (Å²) in [5.41, 5.74) is 1.45. The van der Waals surface area contributed by atoms with Crippen molar-refractivity contribution in [2.45, 2.75) is 0 Å². The Balaban J connectivity index is 2.10. The van der Waals surface area contributed by atoms with Crippen LogP contribution < -0.4 is 19.5 Å². The van der Waals surface area contributed by atoms with Gasteiger partial charge in [-0.2, -0.15) is 0 Å². The molecule has 0 aliphatic carbocycles. The highest BCUT2D eigenvalue weighted by molar-refractivity contribution is 6.44. The molecule has 0 radical (unpaired) electrons. The highest BCUT2D eigenvalue weighted by Gasteiger charge is 2.23. The number of methoxy groups -OCH3 is 3. The summed E-state index contributed by atoms with van der Waals surface area (Å²) in [6.07, 6.45) is 1.58. The summed E-state index contributed by atoms with van der Waals surface area (Å²) in [6.45, 7) is 0. The van der Waals surface area contributed by atoms with E-state index in [9.17, 15) is 4.79 Å². The Kier molecular flexibility index (Phi) is 5.15. The minimum Gasteiger partial charge on any atom is -0.493 e. The molecule has 136 valence electrons. The fourth-order valence-corrected chi connectivity index (χ4v) is 3.08. The molecule has 1 amide bonds. The fraction of sp³-hybridized carbons (Fsp3) is 0.167. The molecule has 6 nitrogen and oxygen atoms in total. The van der Waals surface area contributed by atoms with Gasteiger partial charge in [0, 0.05) is 12.3 Å². The standard InChI is InChI=1S/C18H16Cl2N2O4/c1-24-13-7-12-14(17(26-3)16(13)25-2)9(8-21-12)18(23)22-11-6-4-5-10(19)15(11)20/h4-8,21H,1-3H3,(H,22,23). The van der Waals surface area contributed by atoms with Gasteiger partial charge >= 0.3 is 0 Å². The van der Waals surface area contributed by atoms with Crippen molar-refractivity contribution in [3.63, 3.8) is 0 Å². The Hall–Kier alpha value is -2.57. The largest absolute Gasteiger partial charge is 0.493 e. The molecule has 0 atom stereocenters. The van der Waals surface area contributed by atoms with Crippen LogP contribution >= 0.6 is 23.2 Å². The normalized spacial score (nSPS) is 10.7. The van der Waals surface area contributed by atoms with Gasteiger partial charge in [0.2, 0.25) is 5.75 Å². The van der Waals surface area contributed by atoms with Gasteiger partial charge in [0.25, 0.3) is 5.91 Å². The average molecular weight is 395 g/mol. The van der Waals surface area contributed by atoms with Crippen molar-refractivity contribution < 1.29 is 19.0 Å². The number of nitrogens with one attached hydrogen (secondary N) is 2. The van der Waals surface area contributed by atoms with Crippen molar-refractivity contribution in [1.82, 2.24) is 4.98 Å². The minimum absolute atomic E-state index is 0.272. The lowest BCUT2D eigenvalue weighted by molar-refractivity contribution is 0.102. The van der Waals surface area contributed by atoms with Crippen LogP contribution in [0.3, 0.4) is 0 Å². The lowest BCUT2D eigenvalue weighted by atomic mass is 10.1. The Morgan fingerprint density at radius 3 is 2.46 bits per heavy atom. The third-order valence-corrected chi connectivity index (χ3v) is 4.73. The summed E-state index contributed by atoms with van der Waals surface area (Å²) in [5, 5.41) is 3.96. The average Bonchev–Trinajstić information content (AvgIpc) is 3.07. The molecule has 3 aromatic rings. The number of ether oxygens (including phenoxy) is 3. The van der Waals surface area contributed by atoms with E-state index in [2.05, 4.69) is 10.3 Å². The fourth-order valence-electron chi connectivity index (χ4n) is 2.73. The number of anilines is 1. The molecule has 0 aliphatic heterocycles. The first kappa shape index (κ1) is 18.2. The molecule has 0 fully saturated rings. The number of benzene rings is 2. The summed E-state index contributed by atoms with van der Waals surface area (Å²) < 4.78 is 16.2. The van der Waals surface area contributed by atoms with Crippen LogP contribution in [0, 0.1) is 0 Å². The number of H-pyrrole nitrogens is 1. The number of rotatable bonds is 5. The van der Waals surface area contributed by atoms with Gasteiger partial charge in [-0.1, -0.05) is 29.3 Å². The van der Waals surface area contributed by atoms with Crippen LogP contribution in [0.25, 0.3) is 10.9 Å². The Bertz CT molecular complexity index is 985. The maximum absolute atomic E-state index is 12.8. The predicted molar refractivity (Wildman–Crippen MR) is 102 cm³/mol. The van der Waals surface area contributed by atoms with Crippen LogP contribution in [0.2, 0.25) is 10.0 Å². The number of amides is 1. The molecule has 0 spiro atoms. The summed E-state index contributed by atoms with van der Waals surface area (Å²) in [7, 11) is 4.53. The Morgan fingerprint density at radius 2 is 1.81 bits per heavy atom.